The number of hydrogen-bond donors (Lipinski definition) is 3. The molecule has 0 saturated carbocycles. The minimum absolute atomic E-state index is 0.00281. The topological polar surface area (TPSA) is 121 Å². The molecule has 0 aliphatic heterocycles. The highest BCUT2D eigenvalue weighted by Gasteiger charge is 2.28. The number of carbonyl (C=O) groups excluding carboxylic acids is 1. The van der Waals surface area contributed by atoms with E-state index in [1.165, 1.54) is 11.3 Å². The zero-order chi connectivity index (χ0) is 23.2. The quantitative estimate of drug-likeness (QED) is 0.473. The third-order valence-electron chi connectivity index (χ3n) is 5.59. The summed E-state index contributed by atoms with van der Waals surface area (Å²) < 4.78 is 0. The molecule has 170 valence electrons. The maximum Gasteiger partial charge on any atom is 0.264 e. The SMILES string of the molecule is CC(N)[C@@H](CO)N(CC1=CC=CC(c2ccccc2-c2nn[nH]n2)C=C1)C(=O)c1cccs1. The zero-order valence-electron chi connectivity index (χ0n) is 18.2. The summed E-state index contributed by atoms with van der Waals surface area (Å²) in [6, 6.07) is 10.7. The Morgan fingerprint density at radius 3 is 2.82 bits per heavy atom. The standard InChI is InChI=1S/C24H26N6O2S/c1-16(25)21(15-31)30(24(32)22-10-5-13-33-22)14-17-6-4-7-18(12-11-17)19-8-2-3-9-20(19)23-26-28-29-27-23/h2-13,16,18,21,31H,14-15,25H2,1H3,(H,26,27,28,29)/t16?,18?,21-/m1/s1. The molecule has 2 heterocycles. The summed E-state index contributed by atoms with van der Waals surface area (Å²) in [5.74, 6) is 0.403. The molecule has 1 aliphatic carbocycles. The Morgan fingerprint density at radius 2 is 2.12 bits per heavy atom. The second-order valence-corrected chi connectivity index (χ2v) is 8.80. The average Bonchev–Trinajstić information content (AvgIpc) is 3.51. The van der Waals surface area contributed by atoms with Gasteiger partial charge >= 0.3 is 0 Å². The van der Waals surface area contributed by atoms with Gasteiger partial charge in [0.05, 0.1) is 17.5 Å². The monoisotopic (exact) mass is 462 g/mol. The van der Waals surface area contributed by atoms with Crippen LogP contribution >= 0.6 is 11.3 Å². The molecule has 0 bridgehead atoms. The third kappa shape index (κ3) is 5.16. The highest BCUT2D eigenvalue weighted by molar-refractivity contribution is 7.12. The van der Waals surface area contributed by atoms with Crippen LogP contribution in [0, 0.1) is 0 Å². The fourth-order valence-corrected chi connectivity index (χ4v) is 4.53. The van der Waals surface area contributed by atoms with Crippen LogP contribution in [-0.2, 0) is 0 Å². The van der Waals surface area contributed by atoms with Gasteiger partial charge < -0.3 is 15.7 Å². The van der Waals surface area contributed by atoms with Crippen LogP contribution in [0.3, 0.4) is 0 Å². The van der Waals surface area contributed by atoms with E-state index in [4.69, 9.17) is 5.73 Å². The van der Waals surface area contributed by atoms with Crippen LogP contribution in [0.15, 0.2) is 77.7 Å². The molecular weight excluding hydrogens is 436 g/mol. The molecule has 3 aromatic rings. The molecule has 33 heavy (non-hydrogen) atoms. The highest BCUT2D eigenvalue weighted by Crippen LogP contribution is 2.30. The van der Waals surface area contributed by atoms with Gasteiger partial charge in [-0.15, -0.1) is 21.5 Å². The average molecular weight is 463 g/mol. The van der Waals surface area contributed by atoms with Crippen LogP contribution in [0.2, 0.25) is 0 Å². The Balaban J connectivity index is 1.58. The summed E-state index contributed by atoms with van der Waals surface area (Å²) in [6.07, 6.45) is 10.2. The predicted octanol–water partition coefficient (Wildman–Crippen LogP) is 2.91. The molecule has 1 aliphatic rings. The highest BCUT2D eigenvalue weighted by atomic mass is 32.1. The van der Waals surface area contributed by atoms with Gasteiger partial charge in [-0.1, -0.05) is 60.7 Å². The van der Waals surface area contributed by atoms with Crippen molar-refractivity contribution in [3.8, 4) is 11.4 Å². The molecule has 0 spiro atoms. The number of aromatic amines is 1. The van der Waals surface area contributed by atoms with E-state index in [2.05, 4.69) is 32.8 Å². The fourth-order valence-electron chi connectivity index (χ4n) is 3.85. The predicted molar refractivity (Wildman–Crippen MR) is 129 cm³/mol. The fraction of sp³-hybridized carbons (Fsp3) is 0.250. The summed E-state index contributed by atoms with van der Waals surface area (Å²) in [5.41, 5.74) is 9.01. The number of aliphatic hydroxyl groups is 1. The van der Waals surface area contributed by atoms with E-state index in [1.807, 2.05) is 53.9 Å². The van der Waals surface area contributed by atoms with Gasteiger partial charge in [0.25, 0.3) is 5.91 Å². The molecule has 2 aromatic heterocycles. The summed E-state index contributed by atoms with van der Waals surface area (Å²) in [6.45, 7) is 1.93. The third-order valence-corrected chi connectivity index (χ3v) is 6.45. The number of benzene rings is 1. The van der Waals surface area contributed by atoms with E-state index in [-0.39, 0.29) is 24.5 Å². The zero-order valence-corrected chi connectivity index (χ0v) is 19.0. The second kappa shape index (κ2) is 10.5. The number of nitrogens with one attached hydrogen (secondary N) is 1. The van der Waals surface area contributed by atoms with Crippen molar-refractivity contribution in [1.29, 1.82) is 0 Å². The second-order valence-electron chi connectivity index (χ2n) is 7.85. The van der Waals surface area contributed by atoms with E-state index < -0.39 is 6.04 Å². The van der Waals surface area contributed by atoms with Crippen LogP contribution < -0.4 is 5.73 Å². The Kier molecular flexibility index (Phi) is 7.23. The number of nitrogens with two attached hydrogens (primary N) is 1. The molecule has 9 heteroatoms. The molecule has 4 rings (SSSR count). The van der Waals surface area contributed by atoms with E-state index in [9.17, 15) is 9.90 Å². The summed E-state index contributed by atoms with van der Waals surface area (Å²) >= 11 is 1.38. The lowest BCUT2D eigenvalue weighted by molar-refractivity contribution is 0.0590. The number of aromatic nitrogens is 4. The minimum Gasteiger partial charge on any atom is -0.394 e. The van der Waals surface area contributed by atoms with Gasteiger partial charge in [-0.05, 0) is 34.7 Å². The lowest BCUT2D eigenvalue weighted by Gasteiger charge is -2.33. The maximum absolute atomic E-state index is 13.2. The summed E-state index contributed by atoms with van der Waals surface area (Å²) in [4.78, 5) is 15.5. The van der Waals surface area contributed by atoms with Gasteiger partial charge in [0.15, 0.2) is 0 Å². The van der Waals surface area contributed by atoms with Gasteiger partial charge in [-0.25, -0.2) is 0 Å². The lowest BCUT2D eigenvalue weighted by Crippen LogP contribution is -2.51. The van der Waals surface area contributed by atoms with Crippen LogP contribution in [-0.4, -0.2) is 61.8 Å². The van der Waals surface area contributed by atoms with Gasteiger partial charge in [-0.2, -0.15) is 5.21 Å². The van der Waals surface area contributed by atoms with Gasteiger partial charge in [0, 0.05) is 24.1 Å². The van der Waals surface area contributed by atoms with Crippen molar-refractivity contribution in [2.75, 3.05) is 13.2 Å². The summed E-state index contributed by atoms with van der Waals surface area (Å²) in [5, 5.41) is 26.3. The number of H-pyrrole nitrogens is 1. The van der Waals surface area contributed by atoms with Crippen molar-refractivity contribution in [3.05, 3.63) is 88.2 Å². The number of aliphatic hydroxyl groups excluding tert-OH is 1. The molecule has 1 amide bonds. The Hall–Kier alpha value is -3.40. The molecule has 2 unspecified atom stereocenters. The van der Waals surface area contributed by atoms with Crippen LogP contribution in [0.25, 0.3) is 11.4 Å². The van der Waals surface area contributed by atoms with Gasteiger partial charge in [0.2, 0.25) is 5.82 Å². The largest absolute Gasteiger partial charge is 0.394 e. The molecular formula is C24H26N6O2S. The molecule has 4 N–H and O–H groups in total. The van der Waals surface area contributed by atoms with Crippen molar-refractivity contribution >= 4 is 17.2 Å². The number of thiophene rings is 1. The maximum atomic E-state index is 13.2. The number of amides is 1. The molecule has 0 fully saturated rings. The van der Waals surface area contributed by atoms with E-state index in [1.54, 1.807) is 17.9 Å². The lowest BCUT2D eigenvalue weighted by atomic mass is 9.93. The van der Waals surface area contributed by atoms with E-state index in [0.717, 1.165) is 16.7 Å². The van der Waals surface area contributed by atoms with Crippen molar-refractivity contribution in [2.24, 2.45) is 5.73 Å². The van der Waals surface area contributed by atoms with Crippen LogP contribution in [0.4, 0.5) is 0 Å². The number of allylic oxidation sites excluding steroid dienone is 4. The molecule has 0 radical (unpaired) electrons. The Bertz CT molecular complexity index is 1150. The van der Waals surface area contributed by atoms with Crippen molar-refractivity contribution in [1.82, 2.24) is 25.5 Å². The Morgan fingerprint density at radius 1 is 1.27 bits per heavy atom. The normalized spacial score (nSPS) is 17.3. The molecule has 0 saturated heterocycles. The van der Waals surface area contributed by atoms with E-state index in [0.29, 0.717) is 17.2 Å². The van der Waals surface area contributed by atoms with E-state index >= 15 is 0 Å². The number of hydrogen-bond acceptors (Lipinski definition) is 7. The number of carbonyl (C=O) groups is 1. The molecule has 1 aromatic carbocycles. The van der Waals surface area contributed by atoms with Crippen molar-refractivity contribution < 1.29 is 9.90 Å². The van der Waals surface area contributed by atoms with Crippen LogP contribution in [0.1, 0.15) is 28.1 Å². The first kappa shape index (κ1) is 22.8. The minimum atomic E-state index is -0.490. The number of nitrogens with zero attached hydrogens (tertiary/aromatic N) is 4. The smallest absolute Gasteiger partial charge is 0.264 e. The summed E-state index contributed by atoms with van der Waals surface area (Å²) in [7, 11) is 0. The first-order chi connectivity index (χ1) is 16.1. The van der Waals surface area contributed by atoms with Crippen molar-refractivity contribution in [3.63, 3.8) is 0 Å². The number of tetrazole rings is 1. The van der Waals surface area contributed by atoms with Gasteiger partial charge in [-0.3, -0.25) is 4.79 Å². The first-order valence-corrected chi connectivity index (χ1v) is 11.6. The van der Waals surface area contributed by atoms with Gasteiger partial charge in [0.1, 0.15) is 0 Å². The Labute approximate surface area is 196 Å². The first-order valence-electron chi connectivity index (χ1n) is 10.7. The van der Waals surface area contributed by atoms with Crippen LogP contribution in [0.5, 0.6) is 0 Å². The molecule has 3 atom stereocenters. The number of rotatable bonds is 8. The molecule has 8 nitrogen and oxygen atoms in total. The van der Waals surface area contributed by atoms with Crippen molar-refractivity contribution in [2.45, 2.75) is 24.9 Å².